The molecule has 0 radical (unpaired) electrons. The van der Waals surface area contributed by atoms with Crippen molar-refractivity contribution in [2.75, 3.05) is 26.7 Å². The summed E-state index contributed by atoms with van der Waals surface area (Å²) in [6.45, 7) is 7.43. The summed E-state index contributed by atoms with van der Waals surface area (Å²) in [7, 11) is 1.62. The molecule has 0 aliphatic heterocycles. The van der Waals surface area contributed by atoms with Crippen molar-refractivity contribution in [3.05, 3.63) is 59.5 Å². The van der Waals surface area contributed by atoms with Crippen molar-refractivity contribution >= 4 is 11.8 Å². The van der Waals surface area contributed by atoms with Crippen molar-refractivity contribution in [3.8, 4) is 0 Å². The first-order chi connectivity index (χ1) is 12.5. The van der Waals surface area contributed by atoms with Crippen LogP contribution in [-0.4, -0.2) is 48.3 Å². The zero-order valence-electron chi connectivity index (χ0n) is 15.7. The molecule has 2 rings (SSSR count). The molecule has 0 saturated heterocycles. The molecule has 26 heavy (non-hydrogen) atoms. The summed E-state index contributed by atoms with van der Waals surface area (Å²) in [5.74, 6) is 0.277. The standard InChI is InChI=1S/C20H27N3O3/c1-4-23(5-2)14-16-8-10-17(11-9-16)20(25)22(3)15-19(24)21-13-18-7-6-12-26-18/h6-12H,4-5,13-15H2,1-3H3,(H,21,24). The Morgan fingerprint density at radius 1 is 1.08 bits per heavy atom. The van der Waals surface area contributed by atoms with Gasteiger partial charge in [-0.2, -0.15) is 0 Å². The van der Waals surface area contributed by atoms with Gasteiger partial charge in [-0.25, -0.2) is 0 Å². The van der Waals surface area contributed by atoms with Gasteiger partial charge < -0.3 is 14.6 Å². The van der Waals surface area contributed by atoms with Crippen molar-refractivity contribution in [1.82, 2.24) is 15.1 Å². The average Bonchev–Trinajstić information content (AvgIpc) is 3.18. The highest BCUT2D eigenvalue weighted by atomic mass is 16.3. The second kappa shape index (κ2) is 9.77. The van der Waals surface area contributed by atoms with Crippen molar-refractivity contribution < 1.29 is 14.0 Å². The molecule has 1 aromatic carbocycles. The molecule has 0 aliphatic carbocycles. The van der Waals surface area contributed by atoms with E-state index in [2.05, 4.69) is 24.1 Å². The monoisotopic (exact) mass is 357 g/mol. The zero-order chi connectivity index (χ0) is 18.9. The van der Waals surface area contributed by atoms with E-state index >= 15 is 0 Å². The second-order valence-corrected chi connectivity index (χ2v) is 6.18. The molecule has 0 atom stereocenters. The molecular formula is C20H27N3O3. The Morgan fingerprint density at radius 2 is 1.77 bits per heavy atom. The molecule has 0 spiro atoms. The fourth-order valence-electron chi connectivity index (χ4n) is 2.62. The van der Waals surface area contributed by atoms with Crippen LogP contribution >= 0.6 is 0 Å². The Balaban J connectivity index is 1.85. The van der Waals surface area contributed by atoms with Crippen LogP contribution in [0.1, 0.15) is 35.5 Å². The van der Waals surface area contributed by atoms with Gasteiger partial charge in [0.1, 0.15) is 5.76 Å². The van der Waals surface area contributed by atoms with E-state index < -0.39 is 0 Å². The molecule has 2 aromatic rings. The predicted molar refractivity (Wildman–Crippen MR) is 101 cm³/mol. The largest absolute Gasteiger partial charge is 0.467 e. The van der Waals surface area contributed by atoms with Crippen LogP contribution in [0.15, 0.2) is 47.1 Å². The number of carbonyl (C=O) groups is 2. The SMILES string of the molecule is CCN(CC)Cc1ccc(C(=O)N(C)CC(=O)NCc2ccco2)cc1. The highest BCUT2D eigenvalue weighted by Gasteiger charge is 2.15. The first kappa shape index (κ1) is 19.7. The van der Waals surface area contributed by atoms with Crippen molar-refractivity contribution in [2.24, 2.45) is 0 Å². The number of rotatable bonds is 9. The zero-order valence-corrected chi connectivity index (χ0v) is 15.7. The third kappa shape index (κ3) is 5.74. The molecule has 0 bridgehead atoms. The Hall–Kier alpha value is -2.60. The molecule has 0 fully saturated rings. The third-order valence-corrected chi connectivity index (χ3v) is 4.27. The highest BCUT2D eigenvalue weighted by Crippen LogP contribution is 2.09. The maximum Gasteiger partial charge on any atom is 0.254 e. The lowest BCUT2D eigenvalue weighted by Crippen LogP contribution is -2.38. The van der Waals surface area contributed by atoms with Crippen LogP contribution in [0, 0.1) is 0 Å². The minimum Gasteiger partial charge on any atom is -0.467 e. The topological polar surface area (TPSA) is 65.8 Å². The summed E-state index contributed by atoms with van der Waals surface area (Å²) in [4.78, 5) is 28.2. The highest BCUT2D eigenvalue weighted by molar-refractivity contribution is 5.96. The van der Waals surface area contributed by atoms with Crippen LogP contribution in [0.5, 0.6) is 0 Å². The van der Waals surface area contributed by atoms with Gasteiger partial charge in [-0.15, -0.1) is 0 Å². The summed E-state index contributed by atoms with van der Waals surface area (Å²) in [6.07, 6.45) is 1.56. The smallest absolute Gasteiger partial charge is 0.254 e. The number of amides is 2. The number of nitrogens with one attached hydrogen (secondary N) is 1. The number of likely N-dealkylation sites (N-methyl/N-ethyl adjacent to an activating group) is 1. The summed E-state index contributed by atoms with van der Waals surface area (Å²) in [5, 5.41) is 2.73. The Labute approximate surface area is 154 Å². The van der Waals surface area contributed by atoms with Crippen LogP contribution < -0.4 is 5.32 Å². The summed E-state index contributed by atoms with van der Waals surface area (Å²) >= 11 is 0. The van der Waals surface area contributed by atoms with Gasteiger partial charge in [0.2, 0.25) is 5.91 Å². The summed E-state index contributed by atoms with van der Waals surface area (Å²) in [5.41, 5.74) is 1.75. The third-order valence-electron chi connectivity index (χ3n) is 4.27. The molecule has 1 N–H and O–H groups in total. The van der Waals surface area contributed by atoms with E-state index in [9.17, 15) is 9.59 Å². The molecule has 1 heterocycles. The van der Waals surface area contributed by atoms with Crippen LogP contribution in [0.3, 0.4) is 0 Å². The molecule has 6 nitrogen and oxygen atoms in total. The summed E-state index contributed by atoms with van der Waals surface area (Å²) < 4.78 is 5.16. The lowest BCUT2D eigenvalue weighted by Gasteiger charge is -2.19. The van der Waals surface area contributed by atoms with E-state index in [-0.39, 0.29) is 18.4 Å². The molecule has 0 saturated carbocycles. The Bertz CT molecular complexity index is 692. The lowest BCUT2D eigenvalue weighted by molar-refractivity contribution is -0.121. The fourth-order valence-corrected chi connectivity index (χ4v) is 2.62. The van der Waals surface area contributed by atoms with Gasteiger partial charge in [-0.1, -0.05) is 26.0 Å². The van der Waals surface area contributed by atoms with Crippen LogP contribution in [0.2, 0.25) is 0 Å². The van der Waals surface area contributed by atoms with E-state index in [4.69, 9.17) is 4.42 Å². The van der Waals surface area contributed by atoms with Crippen LogP contribution in [0.4, 0.5) is 0 Å². The van der Waals surface area contributed by atoms with Gasteiger partial charge in [0.25, 0.3) is 5.91 Å². The Morgan fingerprint density at radius 3 is 2.35 bits per heavy atom. The second-order valence-electron chi connectivity index (χ2n) is 6.18. The van der Waals surface area contributed by atoms with Crippen molar-refractivity contribution in [2.45, 2.75) is 26.9 Å². The van der Waals surface area contributed by atoms with Crippen molar-refractivity contribution in [3.63, 3.8) is 0 Å². The van der Waals surface area contributed by atoms with Gasteiger partial charge in [-0.3, -0.25) is 14.5 Å². The molecule has 1 aromatic heterocycles. The summed E-state index contributed by atoms with van der Waals surface area (Å²) in [6, 6.07) is 11.1. The molecule has 0 unspecified atom stereocenters. The molecular weight excluding hydrogens is 330 g/mol. The average molecular weight is 357 g/mol. The fraction of sp³-hybridized carbons (Fsp3) is 0.400. The number of hydrogen-bond acceptors (Lipinski definition) is 4. The van der Waals surface area contributed by atoms with E-state index in [0.717, 1.165) is 19.6 Å². The number of furan rings is 1. The van der Waals surface area contributed by atoms with Gasteiger partial charge in [0.05, 0.1) is 19.4 Å². The number of nitrogens with zero attached hydrogens (tertiary/aromatic N) is 2. The minimum absolute atomic E-state index is 0.000735. The van der Waals surface area contributed by atoms with Gasteiger partial charge in [0.15, 0.2) is 0 Å². The van der Waals surface area contributed by atoms with E-state index in [1.807, 2.05) is 24.3 Å². The maximum atomic E-state index is 12.5. The number of hydrogen-bond donors (Lipinski definition) is 1. The minimum atomic E-state index is -0.226. The van der Waals surface area contributed by atoms with Crippen LogP contribution in [0.25, 0.3) is 0 Å². The molecule has 6 heteroatoms. The first-order valence-electron chi connectivity index (χ1n) is 8.89. The number of benzene rings is 1. The molecule has 140 valence electrons. The van der Waals surface area contributed by atoms with E-state index in [1.54, 1.807) is 25.4 Å². The molecule has 0 aliphatic rings. The Kier molecular flexibility index (Phi) is 7.41. The van der Waals surface area contributed by atoms with E-state index in [0.29, 0.717) is 17.9 Å². The van der Waals surface area contributed by atoms with Gasteiger partial charge in [0, 0.05) is 19.2 Å². The normalized spacial score (nSPS) is 10.8. The van der Waals surface area contributed by atoms with E-state index in [1.165, 1.54) is 10.5 Å². The number of carbonyl (C=O) groups excluding carboxylic acids is 2. The molecule has 2 amide bonds. The lowest BCUT2D eigenvalue weighted by atomic mass is 10.1. The predicted octanol–water partition coefficient (Wildman–Crippen LogP) is 2.51. The van der Waals surface area contributed by atoms with Crippen LogP contribution in [-0.2, 0) is 17.9 Å². The van der Waals surface area contributed by atoms with Gasteiger partial charge in [-0.05, 0) is 42.9 Å². The van der Waals surface area contributed by atoms with Crippen molar-refractivity contribution in [1.29, 1.82) is 0 Å². The first-order valence-corrected chi connectivity index (χ1v) is 8.89. The maximum absolute atomic E-state index is 12.5. The quantitative estimate of drug-likeness (QED) is 0.749. The van der Waals surface area contributed by atoms with Gasteiger partial charge >= 0.3 is 0 Å².